The van der Waals surface area contributed by atoms with E-state index in [1.54, 1.807) is 13.2 Å². The zero-order valence-electron chi connectivity index (χ0n) is 12.8. The van der Waals surface area contributed by atoms with Crippen LogP contribution in [0.2, 0.25) is 0 Å². The molecule has 0 spiro atoms. The Hall–Kier alpha value is -1.50. The fourth-order valence-electron chi connectivity index (χ4n) is 2.10. The fraction of sp³-hybridized carbons (Fsp3) is 0.400. The second-order valence-electron chi connectivity index (χ2n) is 5.37. The van der Waals surface area contributed by atoms with Crippen molar-refractivity contribution in [3.05, 3.63) is 41.6 Å². The highest BCUT2D eigenvalue weighted by atomic mass is 32.2. The van der Waals surface area contributed by atoms with Crippen LogP contribution >= 0.6 is 0 Å². The van der Waals surface area contributed by atoms with Crippen LogP contribution in [-0.2, 0) is 16.8 Å². The normalized spacial score (nSPS) is 12.5. The van der Waals surface area contributed by atoms with Crippen LogP contribution in [0.25, 0.3) is 10.9 Å². The van der Waals surface area contributed by atoms with Crippen LogP contribution in [0.15, 0.2) is 30.5 Å². The molecule has 0 amide bonds. The van der Waals surface area contributed by atoms with E-state index in [0.29, 0.717) is 0 Å². The van der Waals surface area contributed by atoms with E-state index in [-0.39, 0.29) is 12.6 Å². The maximum absolute atomic E-state index is 12.2. The molecule has 0 atom stereocenters. The summed E-state index contributed by atoms with van der Waals surface area (Å²) >= 11 is 0. The molecule has 5 nitrogen and oxygen atoms in total. The van der Waals surface area contributed by atoms with Crippen LogP contribution in [0.1, 0.15) is 25.0 Å². The number of aromatic nitrogens is 1. The van der Waals surface area contributed by atoms with Crippen LogP contribution in [0.4, 0.5) is 0 Å². The molecule has 1 N–H and O–H groups in total. The molecule has 0 saturated carbocycles. The first-order valence-corrected chi connectivity index (χ1v) is 8.33. The third kappa shape index (κ3) is 3.40. The third-order valence-electron chi connectivity index (χ3n) is 3.67. The summed E-state index contributed by atoms with van der Waals surface area (Å²) in [6.07, 6.45) is 1.73. The molecule has 2 aromatic rings. The van der Waals surface area contributed by atoms with Gasteiger partial charge in [-0.25, -0.2) is 0 Å². The predicted octanol–water partition coefficient (Wildman–Crippen LogP) is 2.22. The van der Waals surface area contributed by atoms with Gasteiger partial charge >= 0.3 is 0 Å². The van der Waals surface area contributed by atoms with Crippen molar-refractivity contribution in [2.45, 2.75) is 33.4 Å². The molecule has 1 aromatic carbocycles. The molecule has 1 heterocycles. The smallest absolute Gasteiger partial charge is 0.256 e. The van der Waals surface area contributed by atoms with Crippen LogP contribution in [0.3, 0.4) is 0 Å². The topological polar surface area (TPSA) is 62.3 Å². The van der Waals surface area contributed by atoms with Gasteiger partial charge in [-0.05, 0) is 44.0 Å². The molecule has 0 unspecified atom stereocenters. The van der Waals surface area contributed by atoms with E-state index in [1.807, 2.05) is 45.0 Å². The van der Waals surface area contributed by atoms with Gasteiger partial charge in [-0.15, -0.1) is 0 Å². The molecule has 2 rings (SSSR count). The van der Waals surface area contributed by atoms with E-state index in [4.69, 9.17) is 0 Å². The Kier molecular flexibility index (Phi) is 4.61. The Morgan fingerprint density at radius 2 is 2.00 bits per heavy atom. The maximum atomic E-state index is 12.2. The first-order valence-electron chi connectivity index (χ1n) is 6.89. The fourth-order valence-corrected chi connectivity index (χ4v) is 3.19. The minimum Gasteiger partial charge on any atom is -0.256 e. The molecule has 1 aromatic heterocycles. The molecule has 0 radical (unpaired) electrons. The number of benzene rings is 1. The Balaban J connectivity index is 2.31. The molecule has 0 bridgehead atoms. The molecule has 0 saturated heterocycles. The molecule has 0 fully saturated rings. The zero-order valence-corrected chi connectivity index (χ0v) is 13.6. The largest absolute Gasteiger partial charge is 0.279 e. The number of hydrogen-bond donors (Lipinski definition) is 1. The number of rotatable bonds is 5. The molecule has 0 aliphatic heterocycles. The Morgan fingerprint density at radius 1 is 1.29 bits per heavy atom. The summed E-state index contributed by atoms with van der Waals surface area (Å²) in [6, 6.07) is 7.65. The van der Waals surface area contributed by atoms with Gasteiger partial charge in [-0.1, -0.05) is 12.1 Å². The van der Waals surface area contributed by atoms with Gasteiger partial charge in [0, 0.05) is 31.2 Å². The van der Waals surface area contributed by atoms with E-state index < -0.39 is 10.2 Å². The minimum atomic E-state index is -3.48. The average molecular weight is 307 g/mol. The molecule has 0 aliphatic carbocycles. The van der Waals surface area contributed by atoms with E-state index in [2.05, 4.69) is 9.71 Å². The van der Waals surface area contributed by atoms with E-state index in [9.17, 15) is 8.42 Å². The van der Waals surface area contributed by atoms with E-state index in [0.717, 1.165) is 22.0 Å². The van der Waals surface area contributed by atoms with Gasteiger partial charge in [0.2, 0.25) is 0 Å². The van der Waals surface area contributed by atoms with Gasteiger partial charge in [0.15, 0.2) is 0 Å². The highest BCUT2D eigenvalue weighted by Crippen LogP contribution is 2.20. The van der Waals surface area contributed by atoms with Gasteiger partial charge in [0.05, 0.1) is 5.52 Å². The third-order valence-corrected chi connectivity index (χ3v) is 5.36. The number of aryl methyl sites for hydroxylation is 1. The standard InChI is InChI=1S/C15H21N3O2S/c1-11(2)18(4)21(19,20)17-10-14-12(3)7-8-15-13(14)6-5-9-16-15/h5-9,11,17H,10H2,1-4H3. The van der Waals surface area contributed by atoms with Crippen LogP contribution < -0.4 is 4.72 Å². The van der Waals surface area contributed by atoms with Crippen LogP contribution in [0.5, 0.6) is 0 Å². The number of nitrogens with one attached hydrogen (secondary N) is 1. The maximum Gasteiger partial charge on any atom is 0.279 e. The second kappa shape index (κ2) is 6.09. The monoisotopic (exact) mass is 307 g/mol. The van der Waals surface area contributed by atoms with Crippen LogP contribution in [-0.4, -0.2) is 30.8 Å². The Morgan fingerprint density at radius 3 is 2.67 bits per heavy atom. The van der Waals surface area contributed by atoms with Gasteiger partial charge in [-0.2, -0.15) is 17.4 Å². The van der Waals surface area contributed by atoms with E-state index in [1.165, 1.54) is 4.31 Å². The summed E-state index contributed by atoms with van der Waals surface area (Å²) in [6.45, 7) is 5.91. The number of pyridine rings is 1. The summed E-state index contributed by atoms with van der Waals surface area (Å²) in [5, 5.41) is 0.979. The summed E-state index contributed by atoms with van der Waals surface area (Å²) in [7, 11) is -1.91. The Bertz CT molecular complexity index is 742. The lowest BCUT2D eigenvalue weighted by atomic mass is 10.0. The van der Waals surface area contributed by atoms with Crippen molar-refractivity contribution in [3.8, 4) is 0 Å². The van der Waals surface area contributed by atoms with Crippen molar-refractivity contribution in [1.29, 1.82) is 0 Å². The van der Waals surface area contributed by atoms with Gasteiger partial charge in [0.1, 0.15) is 0 Å². The average Bonchev–Trinajstić information content (AvgIpc) is 2.45. The summed E-state index contributed by atoms with van der Waals surface area (Å²) in [5.41, 5.74) is 2.88. The highest BCUT2D eigenvalue weighted by molar-refractivity contribution is 7.87. The molecule has 0 aliphatic rings. The van der Waals surface area contributed by atoms with Gasteiger partial charge in [0.25, 0.3) is 10.2 Å². The van der Waals surface area contributed by atoms with Gasteiger partial charge in [-0.3, -0.25) is 4.98 Å². The quantitative estimate of drug-likeness (QED) is 0.921. The van der Waals surface area contributed by atoms with Crippen molar-refractivity contribution in [2.75, 3.05) is 7.05 Å². The second-order valence-corrected chi connectivity index (χ2v) is 7.18. The molecule has 114 valence electrons. The number of hydrogen-bond acceptors (Lipinski definition) is 3. The SMILES string of the molecule is Cc1ccc2ncccc2c1CNS(=O)(=O)N(C)C(C)C. The molecular formula is C15H21N3O2S. The minimum absolute atomic E-state index is 0.0854. The molecule has 21 heavy (non-hydrogen) atoms. The Labute approximate surface area is 126 Å². The molecular weight excluding hydrogens is 286 g/mol. The highest BCUT2D eigenvalue weighted by Gasteiger charge is 2.20. The number of fused-ring (bicyclic) bond motifs is 1. The van der Waals surface area contributed by atoms with Gasteiger partial charge < -0.3 is 0 Å². The first-order chi connectivity index (χ1) is 9.83. The van der Waals surface area contributed by atoms with Crippen molar-refractivity contribution in [1.82, 2.24) is 14.0 Å². The van der Waals surface area contributed by atoms with Crippen molar-refractivity contribution in [3.63, 3.8) is 0 Å². The van der Waals surface area contributed by atoms with Crippen molar-refractivity contribution < 1.29 is 8.42 Å². The van der Waals surface area contributed by atoms with Crippen molar-refractivity contribution >= 4 is 21.1 Å². The molecule has 6 heteroatoms. The van der Waals surface area contributed by atoms with Crippen LogP contribution in [0, 0.1) is 6.92 Å². The lowest BCUT2D eigenvalue weighted by molar-refractivity contribution is 0.402. The van der Waals surface area contributed by atoms with E-state index >= 15 is 0 Å². The summed E-state index contributed by atoms with van der Waals surface area (Å²) in [4.78, 5) is 4.30. The summed E-state index contributed by atoms with van der Waals surface area (Å²) in [5.74, 6) is 0. The summed E-state index contributed by atoms with van der Waals surface area (Å²) < 4.78 is 28.4. The lowest BCUT2D eigenvalue weighted by Gasteiger charge is -2.21. The lowest BCUT2D eigenvalue weighted by Crippen LogP contribution is -2.41. The zero-order chi connectivity index (χ0) is 15.6. The predicted molar refractivity (Wildman–Crippen MR) is 85.1 cm³/mol. The first kappa shape index (κ1) is 15.9. The van der Waals surface area contributed by atoms with Crippen molar-refractivity contribution in [2.24, 2.45) is 0 Å². The number of nitrogens with zero attached hydrogens (tertiary/aromatic N) is 2.